The van der Waals surface area contributed by atoms with E-state index in [2.05, 4.69) is 93.6 Å². The Balaban J connectivity index is 1.41. The topological polar surface area (TPSA) is 38.7 Å². The minimum absolute atomic E-state index is 0.0822. The van der Waals surface area contributed by atoms with Crippen LogP contribution in [0.4, 0.5) is 0 Å². The Labute approximate surface area is 222 Å². The highest BCUT2D eigenvalue weighted by molar-refractivity contribution is 7.19. The van der Waals surface area contributed by atoms with E-state index in [-0.39, 0.29) is 16.2 Å². The molecule has 6 aromatic rings. The molecule has 3 heterocycles. The maximum atomic E-state index is 5.20. The third-order valence-electron chi connectivity index (χ3n) is 7.77. The molecular weight excluding hydrogens is 499 g/mol. The lowest BCUT2D eigenvalue weighted by Gasteiger charge is -2.51. The number of hydrogen-bond acceptors (Lipinski definition) is 6. The van der Waals surface area contributed by atoms with E-state index in [1.54, 1.807) is 0 Å². The van der Waals surface area contributed by atoms with Crippen molar-refractivity contribution in [1.82, 2.24) is 15.0 Å². The Bertz CT molecular complexity index is 1430. The molecule has 0 atom stereocenters. The fourth-order valence-corrected chi connectivity index (χ4v) is 9.94. The van der Waals surface area contributed by atoms with Crippen LogP contribution in [0.1, 0.15) is 55.1 Å². The Morgan fingerprint density at radius 1 is 0.472 bits per heavy atom. The summed E-state index contributed by atoms with van der Waals surface area (Å²) < 4.78 is 3.80. The minimum atomic E-state index is -0.0822. The summed E-state index contributed by atoms with van der Waals surface area (Å²) in [6.45, 7) is 7.29. The van der Waals surface area contributed by atoms with Gasteiger partial charge in [-0.25, -0.2) is 15.0 Å². The third kappa shape index (κ3) is 3.53. The van der Waals surface area contributed by atoms with E-state index in [4.69, 9.17) is 15.0 Å². The summed E-state index contributed by atoms with van der Waals surface area (Å²) in [5.41, 5.74) is 3.07. The molecule has 0 N–H and O–H groups in total. The number of thiazole rings is 3. The first-order chi connectivity index (χ1) is 17.3. The number of aromatic nitrogens is 3. The lowest BCUT2D eigenvalue weighted by atomic mass is 9.55. The minimum Gasteiger partial charge on any atom is -0.241 e. The van der Waals surface area contributed by atoms with Gasteiger partial charge in [0.25, 0.3) is 0 Å². The lowest BCUT2D eigenvalue weighted by molar-refractivity contribution is 0.130. The molecule has 1 saturated carbocycles. The van der Waals surface area contributed by atoms with E-state index in [1.165, 1.54) is 29.1 Å². The summed E-state index contributed by atoms with van der Waals surface area (Å²) in [4.78, 5) is 15.6. The van der Waals surface area contributed by atoms with Gasteiger partial charge in [-0.1, -0.05) is 57.2 Å². The third-order valence-corrected chi connectivity index (χ3v) is 11.8. The first-order valence-electron chi connectivity index (χ1n) is 12.4. The molecule has 180 valence electrons. The average Bonchev–Trinajstić information content (AvgIpc) is 3.60. The van der Waals surface area contributed by atoms with E-state index < -0.39 is 0 Å². The molecule has 0 unspecified atom stereocenters. The van der Waals surface area contributed by atoms with Gasteiger partial charge in [-0.2, -0.15) is 0 Å². The van der Waals surface area contributed by atoms with Crippen LogP contribution < -0.4 is 0 Å². The molecule has 1 aliphatic carbocycles. The monoisotopic (exact) mass is 525 g/mol. The second-order valence-corrected chi connectivity index (χ2v) is 14.3. The number of para-hydroxylation sites is 3. The molecular formula is C30H27N3S3. The molecule has 3 aromatic heterocycles. The van der Waals surface area contributed by atoms with Crippen molar-refractivity contribution >= 4 is 64.7 Å². The van der Waals surface area contributed by atoms with Gasteiger partial charge in [-0.05, 0) is 55.7 Å². The van der Waals surface area contributed by atoms with Gasteiger partial charge in [0.1, 0.15) is 0 Å². The summed E-state index contributed by atoms with van der Waals surface area (Å²) in [7, 11) is 0. The van der Waals surface area contributed by atoms with Gasteiger partial charge < -0.3 is 0 Å². The zero-order chi connectivity index (χ0) is 24.5. The fourth-order valence-electron chi connectivity index (χ4n) is 6.62. The number of hydrogen-bond donors (Lipinski definition) is 0. The molecule has 0 bridgehead atoms. The van der Waals surface area contributed by atoms with Crippen molar-refractivity contribution in [3.05, 3.63) is 87.8 Å². The molecule has 6 heteroatoms. The van der Waals surface area contributed by atoms with Crippen molar-refractivity contribution in [2.45, 2.75) is 56.3 Å². The second kappa shape index (κ2) is 7.91. The van der Waals surface area contributed by atoms with Crippen LogP contribution in [0.25, 0.3) is 30.6 Å². The lowest BCUT2D eigenvalue weighted by Crippen LogP contribution is -2.48. The fraction of sp³-hybridized carbons (Fsp3) is 0.300. The van der Waals surface area contributed by atoms with Gasteiger partial charge in [0.2, 0.25) is 0 Å². The van der Waals surface area contributed by atoms with Crippen molar-refractivity contribution in [1.29, 1.82) is 0 Å². The summed E-state index contributed by atoms with van der Waals surface area (Å²) >= 11 is 5.58. The van der Waals surface area contributed by atoms with Gasteiger partial charge >= 0.3 is 0 Å². The predicted octanol–water partition coefficient (Wildman–Crippen LogP) is 8.87. The highest BCUT2D eigenvalue weighted by atomic mass is 32.1. The van der Waals surface area contributed by atoms with Crippen molar-refractivity contribution in [2.24, 2.45) is 0 Å². The predicted molar refractivity (Wildman–Crippen MR) is 155 cm³/mol. The number of nitrogens with zero attached hydrogens (tertiary/aromatic N) is 3. The maximum absolute atomic E-state index is 5.20. The molecule has 3 nitrogen and oxygen atoms in total. The summed E-state index contributed by atoms with van der Waals surface area (Å²) in [6, 6.07) is 25.6. The molecule has 1 aliphatic rings. The standard InChI is InChI=1S/C30H27N3S3/c1-28(25-31-19-10-4-7-13-22(19)34-25)16-29(2,26-32-20-11-5-8-14-23(20)35-26)18-30(3,17-28)27-33-21-12-6-9-15-24(21)36-27/h4-15H,16-18H2,1-3H3. The molecule has 0 radical (unpaired) electrons. The van der Waals surface area contributed by atoms with Crippen molar-refractivity contribution in [3.8, 4) is 0 Å². The number of rotatable bonds is 3. The van der Waals surface area contributed by atoms with E-state index in [0.717, 1.165) is 35.8 Å². The van der Waals surface area contributed by atoms with E-state index in [1.807, 2.05) is 34.0 Å². The van der Waals surface area contributed by atoms with Crippen molar-refractivity contribution < 1.29 is 0 Å². The molecule has 0 aliphatic heterocycles. The summed E-state index contributed by atoms with van der Waals surface area (Å²) in [5, 5.41) is 3.72. The molecule has 0 saturated heterocycles. The van der Waals surface area contributed by atoms with Gasteiger partial charge in [0.05, 0.1) is 45.7 Å². The molecule has 0 spiro atoms. The number of benzene rings is 3. The van der Waals surface area contributed by atoms with Crippen LogP contribution in [-0.4, -0.2) is 15.0 Å². The molecule has 7 rings (SSSR count). The quantitative estimate of drug-likeness (QED) is 0.232. The Hall–Kier alpha value is -2.67. The van der Waals surface area contributed by atoms with Crippen LogP contribution in [0, 0.1) is 0 Å². The van der Waals surface area contributed by atoms with Crippen LogP contribution in [-0.2, 0) is 16.2 Å². The van der Waals surface area contributed by atoms with E-state index in [0.29, 0.717) is 0 Å². The highest BCUT2D eigenvalue weighted by Gasteiger charge is 2.54. The van der Waals surface area contributed by atoms with E-state index in [9.17, 15) is 0 Å². The highest BCUT2D eigenvalue weighted by Crippen LogP contribution is 2.59. The summed E-state index contributed by atoms with van der Waals surface area (Å²) in [5.74, 6) is 0. The van der Waals surface area contributed by atoms with Crippen LogP contribution in [0.3, 0.4) is 0 Å². The average molecular weight is 526 g/mol. The van der Waals surface area contributed by atoms with Crippen LogP contribution in [0.5, 0.6) is 0 Å². The van der Waals surface area contributed by atoms with Gasteiger partial charge in [-0.3, -0.25) is 0 Å². The molecule has 0 amide bonds. The Kier molecular flexibility index (Phi) is 4.95. The van der Waals surface area contributed by atoms with Crippen LogP contribution >= 0.6 is 34.0 Å². The first kappa shape index (κ1) is 22.5. The normalized spacial score (nSPS) is 26.8. The van der Waals surface area contributed by atoms with Crippen molar-refractivity contribution in [3.63, 3.8) is 0 Å². The summed E-state index contributed by atoms with van der Waals surface area (Å²) in [6.07, 6.45) is 3.08. The molecule has 1 fully saturated rings. The Morgan fingerprint density at radius 2 is 0.750 bits per heavy atom. The zero-order valence-corrected chi connectivity index (χ0v) is 23.1. The van der Waals surface area contributed by atoms with Crippen molar-refractivity contribution in [2.75, 3.05) is 0 Å². The molecule has 3 aromatic carbocycles. The Morgan fingerprint density at radius 3 is 1.03 bits per heavy atom. The van der Waals surface area contributed by atoms with Gasteiger partial charge in [-0.15, -0.1) is 34.0 Å². The van der Waals surface area contributed by atoms with E-state index >= 15 is 0 Å². The SMILES string of the molecule is CC1(c2nc3ccccc3s2)CC(C)(c2nc3ccccc3s2)CC(C)(c2nc3ccccc3s2)C1. The zero-order valence-electron chi connectivity index (χ0n) is 20.6. The largest absolute Gasteiger partial charge is 0.241 e. The van der Waals surface area contributed by atoms with Crippen LogP contribution in [0.15, 0.2) is 72.8 Å². The number of fused-ring (bicyclic) bond motifs is 3. The smallest absolute Gasteiger partial charge is 0.0998 e. The van der Waals surface area contributed by atoms with Gasteiger partial charge in [0, 0.05) is 16.2 Å². The van der Waals surface area contributed by atoms with Crippen LogP contribution in [0.2, 0.25) is 0 Å². The molecule has 36 heavy (non-hydrogen) atoms. The maximum Gasteiger partial charge on any atom is 0.0998 e. The van der Waals surface area contributed by atoms with Gasteiger partial charge in [0.15, 0.2) is 0 Å². The second-order valence-electron chi connectivity index (χ2n) is 11.2. The first-order valence-corrected chi connectivity index (χ1v) is 14.9.